The summed E-state index contributed by atoms with van der Waals surface area (Å²) in [5, 5.41) is 14.0. The molecule has 8 heteroatoms. The first-order valence-corrected chi connectivity index (χ1v) is 10.7. The minimum atomic E-state index is -2.90. The number of rotatable bonds is 6. The first kappa shape index (κ1) is 20.1. The van der Waals surface area contributed by atoms with Crippen molar-refractivity contribution in [3.05, 3.63) is 42.2 Å². The van der Waals surface area contributed by atoms with Gasteiger partial charge < -0.3 is 15.0 Å². The number of ether oxygens (including phenoxy) is 1. The van der Waals surface area contributed by atoms with Gasteiger partial charge in [-0.2, -0.15) is 8.78 Å². The number of likely N-dealkylation sites (N-methyl/N-ethyl adjacent to an activating group) is 1. The van der Waals surface area contributed by atoms with Gasteiger partial charge in [-0.3, -0.25) is 4.98 Å². The van der Waals surface area contributed by atoms with Crippen LogP contribution in [0.5, 0.6) is 5.75 Å². The van der Waals surface area contributed by atoms with Crippen LogP contribution in [0, 0.1) is 0 Å². The van der Waals surface area contributed by atoms with E-state index in [1.54, 1.807) is 18.5 Å². The maximum atomic E-state index is 13.2. The van der Waals surface area contributed by atoms with Crippen molar-refractivity contribution in [2.24, 2.45) is 0 Å². The zero-order chi connectivity index (χ0) is 21.4. The lowest BCUT2D eigenvalue weighted by Crippen LogP contribution is -2.40. The van der Waals surface area contributed by atoms with Gasteiger partial charge in [-0.1, -0.05) is 6.07 Å². The summed E-state index contributed by atoms with van der Waals surface area (Å²) in [6.45, 7) is -0.881. The Kier molecular flexibility index (Phi) is 5.40. The zero-order valence-electron chi connectivity index (χ0n) is 17.4. The Hall–Kier alpha value is -2.87. The van der Waals surface area contributed by atoms with Gasteiger partial charge in [-0.05, 0) is 69.0 Å². The van der Waals surface area contributed by atoms with Gasteiger partial charge in [0.15, 0.2) is 5.82 Å². The van der Waals surface area contributed by atoms with Crippen molar-refractivity contribution in [3.63, 3.8) is 0 Å². The van der Waals surface area contributed by atoms with Crippen molar-refractivity contribution in [1.82, 2.24) is 20.1 Å². The molecule has 2 aromatic heterocycles. The summed E-state index contributed by atoms with van der Waals surface area (Å²) in [7, 11) is 2.11. The van der Waals surface area contributed by atoms with E-state index < -0.39 is 6.61 Å². The predicted octanol–water partition coefficient (Wildman–Crippen LogP) is 4.68. The Bertz CT molecular complexity index is 1090. The van der Waals surface area contributed by atoms with Crippen molar-refractivity contribution in [2.45, 2.75) is 44.3 Å². The second-order valence-electron chi connectivity index (χ2n) is 8.47. The van der Waals surface area contributed by atoms with Crippen LogP contribution in [0.2, 0.25) is 0 Å². The Morgan fingerprint density at radius 2 is 2.00 bits per heavy atom. The number of pyridine rings is 1. The maximum Gasteiger partial charge on any atom is 0.387 e. The Balaban J connectivity index is 1.55. The standard InChI is InChI=1S/C23H25F2N5O/c1-30-10-2-3-16(13-30)27-22-19-12-26-9-8-17(19)21(28-29-22)18-7-6-15(14-4-5-14)11-20(18)31-23(24)25/h6-9,11-12,14,16,23H,2-5,10,13H2,1H3,(H,27,29)/t16-/m1/s1. The van der Waals surface area contributed by atoms with E-state index in [0.717, 1.165) is 55.1 Å². The molecule has 1 saturated heterocycles. The second-order valence-corrected chi connectivity index (χ2v) is 8.47. The highest BCUT2D eigenvalue weighted by molar-refractivity contribution is 6.00. The van der Waals surface area contributed by atoms with Crippen LogP contribution in [0.1, 0.15) is 37.2 Å². The molecule has 31 heavy (non-hydrogen) atoms. The summed E-state index contributed by atoms with van der Waals surface area (Å²) in [5.74, 6) is 1.24. The number of likely N-dealkylation sites (tertiary alicyclic amines) is 1. The number of fused-ring (bicyclic) bond motifs is 1. The van der Waals surface area contributed by atoms with Gasteiger partial charge in [-0.25, -0.2) is 0 Å². The van der Waals surface area contributed by atoms with Crippen LogP contribution in [-0.4, -0.2) is 52.9 Å². The third-order valence-electron chi connectivity index (χ3n) is 6.07. The average molecular weight is 425 g/mol. The molecule has 1 saturated carbocycles. The van der Waals surface area contributed by atoms with Gasteiger partial charge in [0.2, 0.25) is 0 Å². The lowest BCUT2D eigenvalue weighted by Gasteiger charge is -2.30. The number of hydrogen-bond acceptors (Lipinski definition) is 6. The fourth-order valence-electron chi connectivity index (χ4n) is 4.38. The molecule has 1 aliphatic heterocycles. The van der Waals surface area contributed by atoms with Gasteiger partial charge in [0.05, 0.1) is 0 Å². The first-order valence-electron chi connectivity index (χ1n) is 10.7. The smallest absolute Gasteiger partial charge is 0.387 e. The predicted molar refractivity (Wildman–Crippen MR) is 116 cm³/mol. The second kappa shape index (κ2) is 8.34. The highest BCUT2D eigenvalue weighted by Crippen LogP contribution is 2.44. The molecular weight excluding hydrogens is 400 g/mol. The van der Waals surface area contributed by atoms with Gasteiger partial charge in [0.1, 0.15) is 11.4 Å². The molecule has 2 aliphatic rings. The Morgan fingerprint density at radius 1 is 1.13 bits per heavy atom. The van der Waals surface area contributed by atoms with E-state index in [-0.39, 0.29) is 11.8 Å². The lowest BCUT2D eigenvalue weighted by molar-refractivity contribution is -0.0495. The molecule has 1 aromatic carbocycles. The summed E-state index contributed by atoms with van der Waals surface area (Å²) in [4.78, 5) is 6.55. The van der Waals surface area contributed by atoms with Crippen molar-refractivity contribution >= 4 is 16.6 Å². The molecule has 1 aliphatic carbocycles. The van der Waals surface area contributed by atoms with E-state index in [1.165, 1.54) is 0 Å². The van der Waals surface area contributed by atoms with Crippen LogP contribution in [0.25, 0.3) is 22.0 Å². The summed E-state index contributed by atoms with van der Waals surface area (Å²) < 4.78 is 31.2. The Labute approximate surface area is 179 Å². The molecule has 0 bridgehead atoms. The molecule has 0 amide bonds. The van der Waals surface area contributed by atoms with Crippen molar-refractivity contribution in [3.8, 4) is 17.0 Å². The van der Waals surface area contributed by atoms with Crippen LogP contribution in [0.4, 0.5) is 14.6 Å². The van der Waals surface area contributed by atoms with Crippen molar-refractivity contribution < 1.29 is 13.5 Å². The minimum Gasteiger partial charge on any atom is -0.434 e. The summed E-state index contributed by atoms with van der Waals surface area (Å²) in [5.41, 5.74) is 2.05. The number of halogens is 2. The summed E-state index contributed by atoms with van der Waals surface area (Å²) in [6.07, 6.45) is 7.77. The quantitative estimate of drug-likeness (QED) is 0.619. The lowest BCUT2D eigenvalue weighted by atomic mass is 10.0. The number of benzene rings is 1. The fourth-order valence-corrected chi connectivity index (χ4v) is 4.38. The largest absolute Gasteiger partial charge is 0.434 e. The number of alkyl halides is 2. The number of hydrogen-bond donors (Lipinski definition) is 1. The van der Waals surface area contributed by atoms with Crippen LogP contribution in [-0.2, 0) is 0 Å². The van der Waals surface area contributed by atoms with Crippen molar-refractivity contribution in [2.75, 3.05) is 25.5 Å². The fraction of sp³-hybridized carbons (Fsp3) is 0.435. The topological polar surface area (TPSA) is 63.2 Å². The normalized spacial score (nSPS) is 19.7. The maximum absolute atomic E-state index is 13.2. The summed E-state index contributed by atoms with van der Waals surface area (Å²) in [6, 6.07) is 7.64. The molecule has 0 radical (unpaired) electrons. The van der Waals surface area contributed by atoms with Crippen LogP contribution < -0.4 is 10.1 Å². The first-order chi connectivity index (χ1) is 15.1. The molecule has 5 rings (SSSR count). The highest BCUT2D eigenvalue weighted by Gasteiger charge is 2.26. The molecule has 162 valence electrons. The third-order valence-corrected chi connectivity index (χ3v) is 6.07. The molecule has 0 spiro atoms. The molecule has 1 N–H and O–H groups in total. The minimum absolute atomic E-state index is 0.140. The molecule has 1 atom stereocenters. The number of aromatic nitrogens is 3. The van der Waals surface area contributed by atoms with Gasteiger partial charge >= 0.3 is 6.61 Å². The van der Waals surface area contributed by atoms with E-state index >= 15 is 0 Å². The van der Waals surface area contributed by atoms with Crippen LogP contribution in [0.3, 0.4) is 0 Å². The van der Waals surface area contributed by atoms with E-state index in [9.17, 15) is 8.78 Å². The molecule has 3 aromatic rings. The van der Waals surface area contributed by atoms with Crippen LogP contribution >= 0.6 is 0 Å². The summed E-state index contributed by atoms with van der Waals surface area (Å²) >= 11 is 0. The SMILES string of the molecule is CN1CCC[C@@H](Nc2nnc(-c3ccc(C4CC4)cc3OC(F)F)c3ccncc23)C1. The van der Waals surface area contributed by atoms with E-state index in [4.69, 9.17) is 4.74 Å². The average Bonchev–Trinajstić information content (AvgIpc) is 3.59. The monoisotopic (exact) mass is 425 g/mol. The van der Waals surface area contributed by atoms with Gasteiger partial charge in [-0.15, -0.1) is 10.2 Å². The highest BCUT2D eigenvalue weighted by atomic mass is 19.3. The number of nitrogens with one attached hydrogen (secondary N) is 1. The molecule has 6 nitrogen and oxygen atoms in total. The van der Waals surface area contributed by atoms with Crippen molar-refractivity contribution in [1.29, 1.82) is 0 Å². The zero-order valence-corrected chi connectivity index (χ0v) is 17.4. The Morgan fingerprint density at radius 3 is 2.77 bits per heavy atom. The molecule has 3 heterocycles. The number of piperidine rings is 1. The van der Waals surface area contributed by atoms with E-state index in [2.05, 4.69) is 32.4 Å². The van der Waals surface area contributed by atoms with E-state index in [0.29, 0.717) is 23.0 Å². The number of nitrogens with zero attached hydrogens (tertiary/aromatic N) is 4. The van der Waals surface area contributed by atoms with Crippen LogP contribution in [0.15, 0.2) is 36.7 Å². The number of anilines is 1. The van der Waals surface area contributed by atoms with Gasteiger partial charge in [0.25, 0.3) is 0 Å². The third kappa shape index (κ3) is 4.30. The molecule has 0 unspecified atom stereocenters. The van der Waals surface area contributed by atoms with Gasteiger partial charge in [0, 0.05) is 41.3 Å². The molecular formula is C23H25F2N5O. The molecule has 2 fully saturated rings. The van der Waals surface area contributed by atoms with E-state index in [1.807, 2.05) is 18.2 Å².